The van der Waals surface area contributed by atoms with Crippen LogP contribution in [0.5, 0.6) is 0 Å². The van der Waals surface area contributed by atoms with E-state index >= 15 is 0 Å². The van der Waals surface area contributed by atoms with Crippen molar-refractivity contribution in [1.82, 2.24) is 25.0 Å². The number of hydrogen-bond acceptors (Lipinski definition) is 5. The molecule has 2 aromatic heterocycles. The fraction of sp³-hybridized carbons (Fsp3) is 0.538. The molecule has 1 N–H and O–H groups in total. The van der Waals surface area contributed by atoms with Crippen LogP contribution in [-0.2, 0) is 6.54 Å². The Kier molecular flexibility index (Phi) is 4.09. The highest BCUT2D eigenvalue weighted by molar-refractivity contribution is 5.65. The van der Waals surface area contributed by atoms with Crippen molar-refractivity contribution in [2.45, 2.75) is 39.7 Å². The van der Waals surface area contributed by atoms with Crippen molar-refractivity contribution in [3.05, 3.63) is 18.1 Å². The summed E-state index contributed by atoms with van der Waals surface area (Å²) >= 11 is 0. The third kappa shape index (κ3) is 2.57. The van der Waals surface area contributed by atoms with Gasteiger partial charge in [0.25, 0.3) is 0 Å². The number of aromatic nitrogens is 5. The highest BCUT2D eigenvalue weighted by Crippen LogP contribution is 2.31. The molecule has 0 bridgehead atoms. The largest absolute Gasteiger partial charge is 0.373 e. The maximum absolute atomic E-state index is 4.44. The van der Waals surface area contributed by atoms with E-state index in [4.69, 9.17) is 0 Å². The third-order valence-electron chi connectivity index (χ3n) is 2.99. The molecule has 0 saturated heterocycles. The first-order valence-corrected chi connectivity index (χ1v) is 6.60. The van der Waals surface area contributed by atoms with Gasteiger partial charge in [0.1, 0.15) is 17.8 Å². The van der Waals surface area contributed by atoms with E-state index in [1.807, 2.05) is 11.7 Å². The van der Waals surface area contributed by atoms with Gasteiger partial charge in [0.05, 0.1) is 11.9 Å². The summed E-state index contributed by atoms with van der Waals surface area (Å²) in [6.07, 6.45) is 4.36. The molecule has 2 rings (SSSR count). The second-order valence-corrected chi connectivity index (χ2v) is 4.73. The van der Waals surface area contributed by atoms with Crippen molar-refractivity contribution >= 4 is 5.82 Å². The van der Waals surface area contributed by atoms with E-state index in [2.05, 4.69) is 46.4 Å². The van der Waals surface area contributed by atoms with E-state index in [0.29, 0.717) is 5.92 Å². The van der Waals surface area contributed by atoms with Crippen LogP contribution in [0.1, 0.15) is 38.7 Å². The molecule has 2 heterocycles. The van der Waals surface area contributed by atoms with Gasteiger partial charge in [0.2, 0.25) is 0 Å². The van der Waals surface area contributed by atoms with Crippen LogP contribution in [0.4, 0.5) is 5.82 Å². The van der Waals surface area contributed by atoms with Gasteiger partial charge in [-0.1, -0.05) is 26.0 Å². The van der Waals surface area contributed by atoms with Crippen LogP contribution in [0.25, 0.3) is 11.4 Å². The predicted molar refractivity (Wildman–Crippen MR) is 75.0 cm³/mol. The Morgan fingerprint density at radius 1 is 1.32 bits per heavy atom. The van der Waals surface area contributed by atoms with E-state index in [1.165, 1.54) is 0 Å². The first-order valence-electron chi connectivity index (χ1n) is 6.60. The summed E-state index contributed by atoms with van der Waals surface area (Å²) in [5, 5.41) is 11.3. The average molecular weight is 260 g/mol. The summed E-state index contributed by atoms with van der Waals surface area (Å²) in [6.45, 7) is 7.23. The number of nitrogens with one attached hydrogen (secondary N) is 1. The molecular formula is C13H20N6. The number of hydrogen-bond donors (Lipinski definition) is 1. The zero-order chi connectivity index (χ0) is 13.8. The van der Waals surface area contributed by atoms with E-state index in [-0.39, 0.29) is 0 Å². The molecule has 0 fully saturated rings. The van der Waals surface area contributed by atoms with Gasteiger partial charge in [-0.05, 0) is 12.3 Å². The monoisotopic (exact) mass is 260 g/mol. The molecule has 0 spiro atoms. The zero-order valence-electron chi connectivity index (χ0n) is 11.9. The van der Waals surface area contributed by atoms with Crippen LogP contribution in [0.2, 0.25) is 0 Å². The topological polar surface area (TPSA) is 68.5 Å². The van der Waals surface area contributed by atoms with E-state index < -0.39 is 0 Å². The summed E-state index contributed by atoms with van der Waals surface area (Å²) in [5.41, 5.74) is 2.96. The third-order valence-corrected chi connectivity index (χ3v) is 2.99. The second-order valence-electron chi connectivity index (χ2n) is 4.73. The molecule has 6 heteroatoms. The smallest absolute Gasteiger partial charge is 0.133 e. The van der Waals surface area contributed by atoms with E-state index in [1.54, 1.807) is 12.5 Å². The maximum atomic E-state index is 4.44. The predicted octanol–water partition coefficient (Wildman–Crippen LogP) is 2.31. The lowest BCUT2D eigenvalue weighted by Crippen LogP contribution is -2.08. The van der Waals surface area contributed by atoms with Gasteiger partial charge < -0.3 is 5.32 Å². The van der Waals surface area contributed by atoms with E-state index in [9.17, 15) is 0 Å². The summed E-state index contributed by atoms with van der Waals surface area (Å²) in [6, 6.07) is 0. The molecular weight excluding hydrogens is 240 g/mol. The van der Waals surface area contributed by atoms with Gasteiger partial charge in [-0.2, -0.15) is 0 Å². The lowest BCUT2D eigenvalue weighted by atomic mass is 10.00. The Morgan fingerprint density at radius 2 is 2.11 bits per heavy atom. The van der Waals surface area contributed by atoms with Gasteiger partial charge in [0.15, 0.2) is 0 Å². The Bertz CT molecular complexity index is 546. The first-order chi connectivity index (χ1) is 9.19. The van der Waals surface area contributed by atoms with Crippen molar-refractivity contribution in [2.75, 3.05) is 12.4 Å². The minimum absolute atomic E-state index is 0.323. The van der Waals surface area contributed by atoms with Gasteiger partial charge in [-0.3, -0.25) is 0 Å². The van der Waals surface area contributed by atoms with Crippen molar-refractivity contribution < 1.29 is 0 Å². The van der Waals surface area contributed by atoms with Crippen molar-refractivity contribution in [2.24, 2.45) is 0 Å². The Balaban J connectivity index is 2.58. The SMILES string of the molecule is CCCn1nncc1-c1ncnc(NC)c1C(C)C. The molecule has 0 aliphatic carbocycles. The van der Waals surface area contributed by atoms with Crippen LogP contribution >= 0.6 is 0 Å². The molecule has 0 saturated carbocycles. The lowest BCUT2D eigenvalue weighted by Gasteiger charge is -2.15. The Labute approximate surface area is 113 Å². The Hall–Kier alpha value is -1.98. The molecule has 19 heavy (non-hydrogen) atoms. The number of nitrogens with zero attached hydrogens (tertiary/aromatic N) is 5. The molecule has 0 atom stereocenters. The fourth-order valence-corrected chi connectivity index (χ4v) is 2.16. The fourth-order valence-electron chi connectivity index (χ4n) is 2.16. The van der Waals surface area contributed by atoms with Crippen molar-refractivity contribution in [3.63, 3.8) is 0 Å². The van der Waals surface area contributed by atoms with Crippen LogP contribution in [-0.4, -0.2) is 32.0 Å². The highest BCUT2D eigenvalue weighted by Gasteiger charge is 2.18. The maximum Gasteiger partial charge on any atom is 0.133 e. The molecule has 0 amide bonds. The standard InChI is InChI=1S/C13H20N6/c1-5-6-19-10(7-17-18-19)12-11(9(2)3)13(14-4)16-8-15-12/h7-9H,5-6H2,1-4H3,(H,14,15,16). The van der Waals surface area contributed by atoms with Gasteiger partial charge in [0, 0.05) is 19.2 Å². The zero-order valence-corrected chi connectivity index (χ0v) is 11.9. The van der Waals surface area contributed by atoms with Crippen LogP contribution in [0, 0.1) is 0 Å². The molecule has 102 valence electrons. The molecule has 2 aromatic rings. The van der Waals surface area contributed by atoms with Crippen molar-refractivity contribution in [1.29, 1.82) is 0 Å². The summed E-state index contributed by atoms with van der Waals surface area (Å²) in [4.78, 5) is 8.73. The van der Waals surface area contributed by atoms with Gasteiger partial charge in [-0.25, -0.2) is 14.6 Å². The van der Waals surface area contributed by atoms with Crippen LogP contribution < -0.4 is 5.32 Å². The lowest BCUT2D eigenvalue weighted by molar-refractivity contribution is 0.582. The second kappa shape index (κ2) is 5.77. The Morgan fingerprint density at radius 3 is 2.74 bits per heavy atom. The van der Waals surface area contributed by atoms with Crippen molar-refractivity contribution in [3.8, 4) is 11.4 Å². The first kappa shape index (κ1) is 13.5. The van der Waals surface area contributed by atoms with Gasteiger partial charge >= 0.3 is 0 Å². The van der Waals surface area contributed by atoms with Crippen LogP contribution in [0.3, 0.4) is 0 Å². The molecule has 6 nitrogen and oxygen atoms in total. The highest BCUT2D eigenvalue weighted by atomic mass is 15.4. The number of anilines is 1. The summed E-state index contributed by atoms with van der Waals surface area (Å²) < 4.78 is 1.90. The minimum Gasteiger partial charge on any atom is -0.373 e. The molecule has 0 aliphatic rings. The normalized spacial score (nSPS) is 11.0. The number of rotatable bonds is 5. The summed E-state index contributed by atoms with van der Waals surface area (Å²) in [7, 11) is 1.87. The van der Waals surface area contributed by atoms with Gasteiger partial charge in [-0.15, -0.1) is 5.10 Å². The minimum atomic E-state index is 0.323. The average Bonchev–Trinajstić information content (AvgIpc) is 2.86. The summed E-state index contributed by atoms with van der Waals surface area (Å²) in [5.74, 6) is 1.19. The molecule has 0 unspecified atom stereocenters. The number of aryl methyl sites for hydroxylation is 1. The van der Waals surface area contributed by atoms with E-state index in [0.717, 1.165) is 35.7 Å². The molecule has 0 radical (unpaired) electrons. The molecule has 0 aromatic carbocycles. The quantitative estimate of drug-likeness (QED) is 0.893. The molecule has 0 aliphatic heterocycles. The van der Waals surface area contributed by atoms with Crippen LogP contribution in [0.15, 0.2) is 12.5 Å².